The van der Waals surface area contributed by atoms with Crippen LogP contribution in [0.15, 0.2) is 60.2 Å². The van der Waals surface area contributed by atoms with E-state index < -0.39 is 0 Å². The maximum Gasteiger partial charge on any atom is 0.174 e. The molecule has 134 valence electrons. The fourth-order valence-electron chi connectivity index (χ4n) is 2.16. The molecule has 2 aromatic carbocycles. The van der Waals surface area contributed by atoms with E-state index in [1.807, 2.05) is 42.5 Å². The zero-order valence-electron chi connectivity index (χ0n) is 14.1. The zero-order chi connectivity index (χ0) is 18.2. The molecule has 26 heavy (non-hydrogen) atoms. The van der Waals surface area contributed by atoms with Gasteiger partial charge in [0.1, 0.15) is 31.6 Å². The summed E-state index contributed by atoms with van der Waals surface area (Å²) in [7, 11) is 1.61. The summed E-state index contributed by atoms with van der Waals surface area (Å²) in [6.45, 7) is 0.857. The van der Waals surface area contributed by atoms with Crippen molar-refractivity contribution in [3.05, 3.63) is 64.3 Å². The molecule has 0 atom stereocenters. The Labute approximate surface area is 164 Å². The van der Waals surface area contributed by atoms with E-state index in [1.165, 1.54) is 17.3 Å². The van der Waals surface area contributed by atoms with Gasteiger partial charge in [-0.05, 0) is 52.4 Å². The Bertz CT molecular complexity index is 854. The van der Waals surface area contributed by atoms with Crippen molar-refractivity contribution in [3.63, 3.8) is 0 Å². The minimum absolute atomic E-state index is 0.412. The van der Waals surface area contributed by atoms with Gasteiger partial charge in [-0.3, -0.25) is 0 Å². The van der Waals surface area contributed by atoms with Crippen molar-refractivity contribution in [1.29, 1.82) is 0 Å². The van der Waals surface area contributed by atoms with Crippen molar-refractivity contribution in [2.24, 2.45) is 5.10 Å². The summed E-state index contributed by atoms with van der Waals surface area (Å²) in [6, 6.07) is 13.5. The number of rotatable bonds is 8. The van der Waals surface area contributed by atoms with Crippen molar-refractivity contribution < 1.29 is 14.2 Å². The lowest BCUT2D eigenvalue weighted by Gasteiger charge is -2.14. The molecule has 1 heterocycles. The second-order valence-electron chi connectivity index (χ2n) is 5.13. The summed E-state index contributed by atoms with van der Waals surface area (Å²) < 4.78 is 19.4. The number of methoxy groups -OCH3 is 1. The highest BCUT2D eigenvalue weighted by Gasteiger charge is 2.11. The predicted octanol–water partition coefficient (Wildman–Crippen LogP) is 3.23. The lowest BCUT2D eigenvalue weighted by Crippen LogP contribution is -2.10. The number of ether oxygens (including phenoxy) is 3. The number of benzene rings is 2. The normalized spacial score (nSPS) is 10.8. The van der Waals surface area contributed by atoms with Crippen LogP contribution in [0.1, 0.15) is 5.56 Å². The largest absolute Gasteiger partial charge is 0.493 e. The standard InChI is InChI=1S/C18H17IN4O3/c1-24-17-10-14(11-22-23-12-20-21-13-23)9-16(19)18(17)26-8-7-25-15-5-3-2-4-6-15/h2-6,9-13H,7-8H2,1H3. The summed E-state index contributed by atoms with van der Waals surface area (Å²) in [5.74, 6) is 2.14. The number of halogens is 1. The second kappa shape index (κ2) is 9.18. The number of para-hydroxylation sites is 1. The van der Waals surface area contributed by atoms with E-state index in [2.05, 4.69) is 37.9 Å². The third-order valence-electron chi connectivity index (χ3n) is 3.34. The molecule has 0 aliphatic carbocycles. The molecular formula is C18H17IN4O3. The summed E-state index contributed by atoms with van der Waals surface area (Å²) in [4.78, 5) is 0. The Balaban J connectivity index is 1.63. The van der Waals surface area contributed by atoms with E-state index in [0.29, 0.717) is 24.7 Å². The monoisotopic (exact) mass is 464 g/mol. The first-order valence-corrected chi connectivity index (χ1v) is 8.91. The number of hydrogen-bond acceptors (Lipinski definition) is 6. The number of nitrogens with zero attached hydrogens (tertiary/aromatic N) is 4. The molecule has 7 nitrogen and oxygen atoms in total. The van der Waals surface area contributed by atoms with Crippen LogP contribution >= 0.6 is 22.6 Å². The van der Waals surface area contributed by atoms with E-state index in [0.717, 1.165) is 14.9 Å². The maximum atomic E-state index is 5.86. The van der Waals surface area contributed by atoms with Crippen LogP contribution in [0.5, 0.6) is 17.2 Å². The Kier molecular flexibility index (Phi) is 6.42. The van der Waals surface area contributed by atoms with Crippen LogP contribution in [0.3, 0.4) is 0 Å². The van der Waals surface area contributed by atoms with Crippen LogP contribution in [0, 0.1) is 3.57 Å². The van der Waals surface area contributed by atoms with E-state index >= 15 is 0 Å². The van der Waals surface area contributed by atoms with Gasteiger partial charge in [0, 0.05) is 0 Å². The van der Waals surface area contributed by atoms with Crippen LogP contribution in [-0.4, -0.2) is 41.4 Å². The Morgan fingerprint density at radius 3 is 2.54 bits per heavy atom. The Morgan fingerprint density at radius 2 is 1.81 bits per heavy atom. The first-order chi connectivity index (χ1) is 12.8. The molecule has 0 amide bonds. The van der Waals surface area contributed by atoms with Crippen LogP contribution in [-0.2, 0) is 0 Å². The molecule has 0 saturated carbocycles. The fraction of sp³-hybridized carbons (Fsp3) is 0.167. The highest BCUT2D eigenvalue weighted by Crippen LogP contribution is 2.33. The highest BCUT2D eigenvalue weighted by molar-refractivity contribution is 14.1. The Hall–Kier alpha value is -2.62. The van der Waals surface area contributed by atoms with Gasteiger partial charge in [0.05, 0.1) is 16.9 Å². The molecule has 0 radical (unpaired) electrons. The molecule has 0 unspecified atom stereocenters. The molecule has 0 bridgehead atoms. The van der Waals surface area contributed by atoms with Crippen molar-refractivity contribution in [3.8, 4) is 17.2 Å². The maximum absolute atomic E-state index is 5.86. The fourth-order valence-corrected chi connectivity index (χ4v) is 2.94. The molecule has 0 aliphatic heterocycles. The average molecular weight is 464 g/mol. The van der Waals surface area contributed by atoms with Crippen molar-refractivity contribution in [2.45, 2.75) is 0 Å². The summed E-state index contributed by atoms with van der Waals surface area (Å²) in [6.07, 6.45) is 4.74. The van der Waals surface area contributed by atoms with Crippen LogP contribution in [0.25, 0.3) is 0 Å². The van der Waals surface area contributed by atoms with Gasteiger partial charge in [0.2, 0.25) is 0 Å². The number of aromatic nitrogens is 3. The van der Waals surface area contributed by atoms with Gasteiger partial charge in [0.15, 0.2) is 11.5 Å². The topological polar surface area (TPSA) is 70.8 Å². The van der Waals surface area contributed by atoms with Gasteiger partial charge in [-0.2, -0.15) is 5.10 Å². The van der Waals surface area contributed by atoms with Gasteiger partial charge in [-0.1, -0.05) is 18.2 Å². The first-order valence-electron chi connectivity index (χ1n) is 7.83. The van der Waals surface area contributed by atoms with E-state index in [1.54, 1.807) is 13.3 Å². The highest BCUT2D eigenvalue weighted by atomic mass is 127. The van der Waals surface area contributed by atoms with Crippen molar-refractivity contribution in [2.75, 3.05) is 20.3 Å². The molecule has 0 aliphatic rings. The molecule has 0 N–H and O–H groups in total. The van der Waals surface area contributed by atoms with Crippen molar-refractivity contribution in [1.82, 2.24) is 14.9 Å². The molecule has 0 fully saturated rings. The smallest absolute Gasteiger partial charge is 0.174 e. The first kappa shape index (κ1) is 18.2. The van der Waals surface area contributed by atoms with Gasteiger partial charge >= 0.3 is 0 Å². The molecular weight excluding hydrogens is 447 g/mol. The molecule has 0 spiro atoms. The predicted molar refractivity (Wildman–Crippen MR) is 106 cm³/mol. The summed E-state index contributed by atoms with van der Waals surface area (Å²) in [5.41, 5.74) is 0.882. The molecule has 3 rings (SSSR count). The minimum atomic E-state index is 0.412. The number of hydrogen-bond donors (Lipinski definition) is 0. The van der Waals surface area contributed by atoms with Gasteiger partial charge in [-0.15, -0.1) is 10.2 Å². The Morgan fingerprint density at radius 1 is 1.08 bits per heavy atom. The van der Waals surface area contributed by atoms with E-state index in [9.17, 15) is 0 Å². The lowest BCUT2D eigenvalue weighted by atomic mass is 10.2. The average Bonchev–Trinajstić information content (AvgIpc) is 3.19. The molecule has 1 aromatic heterocycles. The molecule has 8 heteroatoms. The SMILES string of the molecule is COc1cc(C=Nn2cnnc2)cc(I)c1OCCOc1ccccc1. The molecule has 0 saturated heterocycles. The zero-order valence-corrected chi connectivity index (χ0v) is 16.2. The van der Waals surface area contributed by atoms with E-state index in [4.69, 9.17) is 14.2 Å². The van der Waals surface area contributed by atoms with Gasteiger partial charge in [0.25, 0.3) is 0 Å². The summed E-state index contributed by atoms with van der Waals surface area (Å²) in [5, 5.41) is 11.6. The van der Waals surface area contributed by atoms with Crippen LogP contribution in [0.4, 0.5) is 0 Å². The second-order valence-corrected chi connectivity index (χ2v) is 6.29. The van der Waals surface area contributed by atoms with Gasteiger partial charge in [-0.25, -0.2) is 4.68 Å². The minimum Gasteiger partial charge on any atom is -0.493 e. The lowest BCUT2D eigenvalue weighted by molar-refractivity contribution is 0.210. The molecule has 3 aromatic rings. The van der Waals surface area contributed by atoms with Crippen molar-refractivity contribution >= 4 is 28.8 Å². The van der Waals surface area contributed by atoms with Crippen LogP contribution in [0.2, 0.25) is 0 Å². The van der Waals surface area contributed by atoms with Gasteiger partial charge < -0.3 is 14.2 Å². The third-order valence-corrected chi connectivity index (χ3v) is 4.14. The van der Waals surface area contributed by atoms with Crippen LogP contribution < -0.4 is 14.2 Å². The van der Waals surface area contributed by atoms with E-state index in [-0.39, 0.29) is 0 Å². The quantitative estimate of drug-likeness (QED) is 0.291. The third kappa shape index (κ3) is 4.94. The summed E-state index contributed by atoms with van der Waals surface area (Å²) >= 11 is 2.21.